The molecule has 0 radical (unpaired) electrons. The number of carbonyl (C=O) groups excluding carboxylic acids is 1. The van der Waals surface area contributed by atoms with Crippen LogP contribution in [0.15, 0.2) is 11.6 Å². The van der Waals surface area contributed by atoms with Crippen LogP contribution in [0.5, 0.6) is 0 Å². The molecular weight excluding hydrogens is 272 g/mol. The van der Waals surface area contributed by atoms with E-state index >= 15 is 0 Å². The average Bonchev–Trinajstić information content (AvgIpc) is 2.77. The fourth-order valence-corrected chi connectivity index (χ4v) is 5.30. The van der Waals surface area contributed by atoms with E-state index in [-0.39, 0.29) is 28.3 Å². The monoisotopic (exact) mass is 296 g/mol. The first kappa shape index (κ1) is 14.4. The van der Waals surface area contributed by atoms with Gasteiger partial charge < -0.3 is 4.74 Å². The number of ether oxygens (including phenoxy) is 1. The summed E-state index contributed by atoms with van der Waals surface area (Å²) in [6.07, 6.45) is 5.83. The maximum absolute atomic E-state index is 11.7. The number of alkyl halides is 1. The van der Waals surface area contributed by atoms with Gasteiger partial charge in [-0.25, -0.2) is 0 Å². The molecule has 0 aromatic carbocycles. The first-order valence-corrected chi connectivity index (χ1v) is 8.24. The van der Waals surface area contributed by atoms with E-state index in [1.54, 1.807) is 0 Å². The summed E-state index contributed by atoms with van der Waals surface area (Å²) in [5.74, 6) is 1.24. The Bertz CT molecular complexity index is 470. The van der Waals surface area contributed by atoms with Crippen LogP contribution in [0.2, 0.25) is 0 Å². The van der Waals surface area contributed by atoms with Crippen LogP contribution >= 0.6 is 11.6 Å². The standard InChI is InChI=1S/C17H25ClO2/c1-10(2)12-6-5-11-7-14-17(4,9-15(19)20-14)13(18)8-16(11,12)3/h5,10,12-14H,6-9H2,1-4H3/t12-,13-,14-,16+,17+/m1/s1. The molecule has 2 nitrogen and oxygen atoms in total. The van der Waals surface area contributed by atoms with Crippen LogP contribution in [0.3, 0.4) is 0 Å². The van der Waals surface area contributed by atoms with Crippen molar-refractivity contribution in [3.63, 3.8) is 0 Å². The lowest BCUT2D eigenvalue weighted by Gasteiger charge is -2.39. The summed E-state index contributed by atoms with van der Waals surface area (Å²) in [7, 11) is 0. The molecule has 112 valence electrons. The molecule has 3 rings (SSSR count). The smallest absolute Gasteiger partial charge is 0.306 e. The Morgan fingerprint density at radius 2 is 2.10 bits per heavy atom. The maximum atomic E-state index is 11.7. The highest BCUT2D eigenvalue weighted by Gasteiger charge is 2.57. The molecule has 0 N–H and O–H groups in total. The zero-order valence-corrected chi connectivity index (χ0v) is 13.7. The van der Waals surface area contributed by atoms with Crippen molar-refractivity contribution in [2.45, 2.75) is 64.9 Å². The third-order valence-corrected chi connectivity index (χ3v) is 6.89. The predicted molar refractivity (Wildman–Crippen MR) is 80.6 cm³/mol. The lowest BCUT2D eigenvalue weighted by atomic mass is 9.67. The lowest BCUT2D eigenvalue weighted by Crippen LogP contribution is -2.37. The summed E-state index contributed by atoms with van der Waals surface area (Å²) in [5, 5.41) is 0.00852. The van der Waals surface area contributed by atoms with E-state index in [4.69, 9.17) is 16.3 Å². The third kappa shape index (κ3) is 1.87. The molecule has 0 aromatic heterocycles. The number of hydrogen-bond donors (Lipinski definition) is 0. The summed E-state index contributed by atoms with van der Waals surface area (Å²) in [4.78, 5) is 11.7. The molecule has 1 saturated heterocycles. The largest absolute Gasteiger partial charge is 0.461 e. The molecule has 0 amide bonds. The third-order valence-electron chi connectivity index (χ3n) is 6.23. The quantitative estimate of drug-likeness (QED) is 0.409. The molecule has 1 heterocycles. The van der Waals surface area contributed by atoms with Gasteiger partial charge in [-0.15, -0.1) is 11.6 Å². The fourth-order valence-electron chi connectivity index (χ4n) is 4.76. The van der Waals surface area contributed by atoms with Gasteiger partial charge in [-0.2, -0.15) is 0 Å². The molecule has 5 atom stereocenters. The molecule has 3 aliphatic rings. The zero-order chi connectivity index (χ0) is 14.7. The minimum Gasteiger partial charge on any atom is -0.461 e. The van der Waals surface area contributed by atoms with Crippen LogP contribution in [-0.4, -0.2) is 17.5 Å². The molecule has 2 aliphatic carbocycles. The van der Waals surface area contributed by atoms with Crippen LogP contribution < -0.4 is 0 Å². The van der Waals surface area contributed by atoms with Crippen molar-refractivity contribution in [1.82, 2.24) is 0 Å². The van der Waals surface area contributed by atoms with Crippen molar-refractivity contribution < 1.29 is 9.53 Å². The van der Waals surface area contributed by atoms with E-state index in [1.807, 2.05) is 0 Å². The first-order chi connectivity index (χ1) is 9.27. The second-order valence-corrected chi connectivity index (χ2v) is 8.30. The normalized spacial score (nSPS) is 47.6. The minimum absolute atomic E-state index is 0.00852. The van der Waals surface area contributed by atoms with Crippen molar-refractivity contribution in [2.24, 2.45) is 22.7 Å². The highest BCUT2D eigenvalue weighted by molar-refractivity contribution is 6.21. The Morgan fingerprint density at radius 1 is 1.40 bits per heavy atom. The van der Waals surface area contributed by atoms with Crippen molar-refractivity contribution in [3.05, 3.63) is 11.6 Å². The molecular formula is C17H25ClO2. The van der Waals surface area contributed by atoms with Gasteiger partial charge in [0.05, 0.1) is 6.42 Å². The van der Waals surface area contributed by atoms with Gasteiger partial charge in [-0.1, -0.05) is 39.3 Å². The Morgan fingerprint density at radius 3 is 2.75 bits per heavy atom. The predicted octanol–water partition coefficient (Wildman–Crippen LogP) is 4.32. The van der Waals surface area contributed by atoms with Crippen LogP contribution in [-0.2, 0) is 9.53 Å². The summed E-state index contributed by atoms with van der Waals surface area (Å²) in [6, 6.07) is 0. The number of hydrogen-bond acceptors (Lipinski definition) is 2. The van der Waals surface area contributed by atoms with E-state index in [0.29, 0.717) is 18.3 Å². The fraction of sp³-hybridized carbons (Fsp3) is 0.824. The molecule has 0 unspecified atom stereocenters. The topological polar surface area (TPSA) is 26.3 Å². The summed E-state index contributed by atoms with van der Waals surface area (Å²) in [6.45, 7) is 9.13. The SMILES string of the molecule is CC(C)[C@H]1CC=C2C[C@H]3OC(=O)C[C@@]3(C)[C@H](Cl)C[C@@]21C. The van der Waals surface area contributed by atoms with Gasteiger partial charge in [0.2, 0.25) is 0 Å². The molecule has 0 spiro atoms. The van der Waals surface area contributed by atoms with Gasteiger partial charge >= 0.3 is 5.97 Å². The summed E-state index contributed by atoms with van der Waals surface area (Å²) < 4.78 is 5.60. The van der Waals surface area contributed by atoms with Gasteiger partial charge in [0, 0.05) is 17.2 Å². The molecule has 0 aromatic rings. The Hall–Kier alpha value is -0.500. The molecule has 20 heavy (non-hydrogen) atoms. The highest BCUT2D eigenvalue weighted by Crippen LogP contribution is 2.59. The maximum Gasteiger partial charge on any atom is 0.306 e. The second kappa shape index (κ2) is 4.50. The van der Waals surface area contributed by atoms with Crippen LogP contribution in [0.1, 0.15) is 53.4 Å². The number of carbonyl (C=O) groups is 1. The molecule has 0 bridgehead atoms. The Kier molecular flexibility index (Phi) is 3.25. The molecule has 1 saturated carbocycles. The van der Waals surface area contributed by atoms with Gasteiger partial charge in [0.1, 0.15) is 6.10 Å². The minimum atomic E-state index is -0.200. The average molecular weight is 297 g/mol. The van der Waals surface area contributed by atoms with Crippen molar-refractivity contribution >= 4 is 17.6 Å². The van der Waals surface area contributed by atoms with Gasteiger partial charge in [-0.05, 0) is 30.1 Å². The zero-order valence-electron chi connectivity index (χ0n) is 12.9. The van der Waals surface area contributed by atoms with E-state index < -0.39 is 0 Å². The van der Waals surface area contributed by atoms with E-state index in [9.17, 15) is 4.79 Å². The molecule has 3 heteroatoms. The number of halogens is 1. The highest BCUT2D eigenvalue weighted by atomic mass is 35.5. The van der Waals surface area contributed by atoms with E-state index in [0.717, 1.165) is 19.3 Å². The number of rotatable bonds is 1. The van der Waals surface area contributed by atoms with Gasteiger partial charge in [0.25, 0.3) is 0 Å². The Balaban J connectivity index is 1.97. The Labute approximate surface area is 126 Å². The van der Waals surface area contributed by atoms with Crippen LogP contribution in [0, 0.1) is 22.7 Å². The van der Waals surface area contributed by atoms with Crippen LogP contribution in [0.4, 0.5) is 0 Å². The summed E-state index contributed by atoms with van der Waals surface area (Å²) >= 11 is 6.80. The lowest BCUT2D eigenvalue weighted by molar-refractivity contribution is -0.141. The summed E-state index contributed by atoms with van der Waals surface area (Å²) in [5.41, 5.74) is 1.46. The van der Waals surface area contributed by atoms with E-state index in [2.05, 4.69) is 33.8 Å². The number of esters is 1. The number of allylic oxidation sites excluding steroid dienone is 1. The van der Waals surface area contributed by atoms with Crippen molar-refractivity contribution in [2.75, 3.05) is 0 Å². The van der Waals surface area contributed by atoms with Crippen molar-refractivity contribution in [3.8, 4) is 0 Å². The number of fused-ring (bicyclic) bond motifs is 2. The van der Waals surface area contributed by atoms with Crippen LogP contribution in [0.25, 0.3) is 0 Å². The molecule has 1 aliphatic heterocycles. The molecule has 2 fully saturated rings. The first-order valence-electron chi connectivity index (χ1n) is 7.80. The van der Waals surface area contributed by atoms with E-state index in [1.165, 1.54) is 5.57 Å². The van der Waals surface area contributed by atoms with Crippen molar-refractivity contribution in [1.29, 1.82) is 0 Å². The second-order valence-electron chi connectivity index (χ2n) is 7.77. The van der Waals surface area contributed by atoms with Gasteiger partial charge in [0.15, 0.2) is 0 Å². The van der Waals surface area contributed by atoms with Gasteiger partial charge in [-0.3, -0.25) is 4.79 Å².